The van der Waals surface area contributed by atoms with Gasteiger partial charge in [-0.1, -0.05) is 6.07 Å². The maximum absolute atomic E-state index is 12.4. The van der Waals surface area contributed by atoms with Gasteiger partial charge in [-0.05, 0) is 38.0 Å². The maximum Gasteiger partial charge on any atom is 0.279 e. The summed E-state index contributed by atoms with van der Waals surface area (Å²) in [5.41, 5.74) is 0.971. The van der Waals surface area contributed by atoms with Crippen molar-refractivity contribution in [1.82, 2.24) is 9.03 Å². The number of nitrogens with one attached hydrogen (secondary N) is 1. The minimum Gasteiger partial charge on any atom is -0.493 e. The van der Waals surface area contributed by atoms with Gasteiger partial charge in [0.25, 0.3) is 10.2 Å². The Balaban J connectivity index is 1.93. The van der Waals surface area contributed by atoms with Gasteiger partial charge in [-0.25, -0.2) is 4.72 Å². The van der Waals surface area contributed by atoms with E-state index >= 15 is 0 Å². The molecule has 0 aromatic heterocycles. The topological polar surface area (TPSA) is 77.1 Å². The zero-order valence-corrected chi connectivity index (χ0v) is 15.4. The van der Waals surface area contributed by atoms with Gasteiger partial charge in [0, 0.05) is 19.6 Å². The molecule has 0 unspecified atom stereocenters. The zero-order chi connectivity index (χ0) is 17.7. The van der Waals surface area contributed by atoms with Gasteiger partial charge in [-0.15, -0.1) is 0 Å². The quantitative estimate of drug-likeness (QED) is 0.792. The van der Waals surface area contributed by atoms with Crippen molar-refractivity contribution in [3.63, 3.8) is 0 Å². The molecule has 0 radical (unpaired) electrons. The first-order chi connectivity index (χ1) is 11.4. The number of nitrogens with zero attached hydrogens (tertiary/aromatic N) is 1. The molecule has 1 heterocycles. The molecule has 7 nitrogen and oxygen atoms in total. The molecule has 1 aromatic rings. The second kappa shape index (κ2) is 8.15. The number of ether oxygens (including phenoxy) is 3. The second-order valence-electron chi connectivity index (χ2n) is 5.91. The summed E-state index contributed by atoms with van der Waals surface area (Å²) < 4.78 is 44.9. The largest absolute Gasteiger partial charge is 0.493 e. The molecule has 0 spiro atoms. The Bertz CT molecular complexity index is 640. The van der Waals surface area contributed by atoms with Crippen molar-refractivity contribution in [2.45, 2.75) is 32.5 Å². The van der Waals surface area contributed by atoms with Crippen LogP contribution in [0.15, 0.2) is 18.2 Å². The fourth-order valence-electron chi connectivity index (χ4n) is 2.78. The average molecular weight is 358 g/mol. The van der Waals surface area contributed by atoms with E-state index in [9.17, 15) is 8.42 Å². The number of hydrogen-bond donors (Lipinski definition) is 1. The van der Waals surface area contributed by atoms with E-state index in [1.165, 1.54) is 4.31 Å². The predicted molar refractivity (Wildman–Crippen MR) is 91.8 cm³/mol. The standard InChI is InChI=1S/C16H26N2O5S/c1-12-10-18(11-13(2)23-12)24(19,20)17-8-7-14-5-6-15(21-3)16(9-14)22-4/h5-6,9,12-13,17H,7-8,10-11H2,1-4H3/t12-,13+. The molecule has 1 fully saturated rings. The van der Waals surface area contributed by atoms with Crippen molar-refractivity contribution in [3.05, 3.63) is 23.8 Å². The normalized spacial score (nSPS) is 22.3. The molecule has 0 amide bonds. The minimum atomic E-state index is -3.50. The Labute approximate surface area is 144 Å². The van der Waals surface area contributed by atoms with E-state index in [4.69, 9.17) is 14.2 Å². The van der Waals surface area contributed by atoms with E-state index in [1.54, 1.807) is 14.2 Å². The Hall–Kier alpha value is -1.35. The van der Waals surface area contributed by atoms with Gasteiger partial charge in [-0.3, -0.25) is 0 Å². The third-order valence-electron chi connectivity index (χ3n) is 3.87. The molecule has 24 heavy (non-hydrogen) atoms. The lowest BCUT2D eigenvalue weighted by Gasteiger charge is -2.34. The molecule has 0 saturated carbocycles. The number of methoxy groups -OCH3 is 2. The Morgan fingerprint density at radius 2 is 1.79 bits per heavy atom. The van der Waals surface area contributed by atoms with E-state index in [0.29, 0.717) is 37.6 Å². The lowest BCUT2D eigenvalue weighted by Crippen LogP contribution is -2.52. The summed E-state index contributed by atoms with van der Waals surface area (Å²) in [4.78, 5) is 0. The Morgan fingerprint density at radius 3 is 2.38 bits per heavy atom. The Morgan fingerprint density at radius 1 is 1.17 bits per heavy atom. The van der Waals surface area contributed by atoms with Gasteiger partial charge in [-0.2, -0.15) is 12.7 Å². The molecule has 0 aliphatic carbocycles. The highest BCUT2D eigenvalue weighted by Crippen LogP contribution is 2.27. The highest BCUT2D eigenvalue weighted by atomic mass is 32.2. The van der Waals surface area contributed by atoms with Crippen LogP contribution >= 0.6 is 0 Å². The molecule has 1 saturated heterocycles. The van der Waals surface area contributed by atoms with Crippen molar-refractivity contribution in [2.24, 2.45) is 0 Å². The van der Waals surface area contributed by atoms with Gasteiger partial charge in [0.2, 0.25) is 0 Å². The molecule has 1 aliphatic rings. The summed E-state index contributed by atoms with van der Waals surface area (Å²) in [6.07, 6.45) is 0.363. The number of morpholine rings is 1. The van der Waals surface area contributed by atoms with Crippen LogP contribution in [-0.4, -0.2) is 58.8 Å². The molecular formula is C16H26N2O5S. The summed E-state index contributed by atoms with van der Waals surface area (Å²) in [5.74, 6) is 1.28. The van der Waals surface area contributed by atoms with Crippen LogP contribution in [0, 0.1) is 0 Å². The van der Waals surface area contributed by atoms with Crippen molar-refractivity contribution < 1.29 is 22.6 Å². The summed E-state index contributed by atoms with van der Waals surface area (Å²) >= 11 is 0. The van der Waals surface area contributed by atoms with Gasteiger partial charge in [0.05, 0.1) is 26.4 Å². The van der Waals surface area contributed by atoms with Crippen molar-refractivity contribution in [2.75, 3.05) is 33.9 Å². The van der Waals surface area contributed by atoms with Crippen LogP contribution in [0.4, 0.5) is 0 Å². The van der Waals surface area contributed by atoms with E-state index in [0.717, 1.165) is 5.56 Å². The van der Waals surface area contributed by atoms with E-state index < -0.39 is 10.2 Å². The van der Waals surface area contributed by atoms with Crippen LogP contribution in [0.1, 0.15) is 19.4 Å². The summed E-state index contributed by atoms with van der Waals surface area (Å²) in [7, 11) is -0.347. The fraction of sp³-hybridized carbons (Fsp3) is 0.625. The molecular weight excluding hydrogens is 332 g/mol. The van der Waals surface area contributed by atoms with Crippen molar-refractivity contribution in [3.8, 4) is 11.5 Å². The predicted octanol–water partition coefficient (Wildman–Crippen LogP) is 1.19. The third kappa shape index (κ3) is 4.83. The molecule has 136 valence electrons. The van der Waals surface area contributed by atoms with Crippen LogP contribution in [0.3, 0.4) is 0 Å². The fourth-order valence-corrected chi connectivity index (χ4v) is 4.13. The zero-order valence-electron chi connectivity index (χ0n) is 14.6. The highest BCUT2D eigenvalue weighted by Gasteiger charge is 2.30. The first-order valence-electron chi connectivity index (χ1n) is 7.96. The molecule has 1 aromatic carbocycles. The summed E-state index contributed by atoms with van der Waals surface area (Å²) in [6, 6.07) is 5.56. The Kier molecular flexibility index (Phi) is 6.45. The smallest absolute Gasteiger partial charge is 0.279 e. The van der Waals surface area contributed by atoms with E-state index in [1.807, 2.05) is 32.0 Å². The second-order valence-corrected chi connectivity index (χ2v) is 7.67. The van der Waals surface area contributed by atoms with Crippen LogP contribution in [0.2, 0.25) is 0 Å². The maximum atomic E-state index is 12.4. The van der Waals surface area contributed by atoms with E-state index in [-0.39, 0.29) is 12.2 Å². The first-order valence-corrected chi connectivity index (χ1v) is 9.41. The van der Waals surface area contributed by atoms with Gasteiger partial charge in [0.15, 0.2) is 11.5 Å². The van der Waals surface area contributed by atoms with Crippen LogP contribution in [-0.2, 0) is 21.4 Å². The number of hydrogen-bond acceptors (Lipinski definition) is 5. The molecule has 0 bridgehead atoms. The third-order valence-corrected chi connectivity index (χ3v) is 5.42. The van der Waals surface area contributed by atoms with Crippen molar-refractivity contribution in [1.29, 1.82) is 0 Å². The first kappa shape index (κ1) is 19.0. The SMILES string of the molecule is COc1ccc(CCNS(=O)(=O)N2C[C@@H](C)O[C@@H](C)C2)cc1OC. The van der Waals surface area contributed by atoms with Gasteiger partial charge >= 0.3 is 0 Å². The van der Waals surface area contributed by atoms with E-state index in [2.05, 4.69) is 4.72 Å². The van der Waals surface area contributed by atoms with Crippen LogP contribution in [0.5, 0.6) is 11.5 Å². The lowest BCUT2D eigenvalue weighted by molar-refractivity contribution is -0.0443. The molecule has 1 aliphatic heterocycles. The minimum absolute atomic E-state index is 0.101. The van der Waals surface area contributed by atoms with Crippen LogP contribution < -0.4 is 14.2 Å². The summed E-state index contributed by atoms with van der Waals surface area (Å²) in [6.45, 7) is 4.81. The number of rotatable bonds is 7. The molecule has 8 heteroatoms. The molecule has 2 atom stereocenters. The van der Waals surface area contributed by atoms with Crippen molar-refractivity contribution >= 4 is 10.2 Å². The van der Waals surface area contributed by atoms with Gasteiger partial charge < -0.3 is 14.2 Å². The average Bonchev–Trinajstić information content (AvgIpc) is 2.53. The molecule has 1 N–H and O–H groups in total. The van der Waals surface area contributed by atoms with Gasteiger partial charge in [0.1, 0.15) is 0 Å². The molecule has 2 rings (SSSR count). The highest BCUT2D eigenvalue weighted by molar-refractivity contribution is 7.87. The lowest BCUT2D eigenvalue weighted by atomic mass is 10.1. The number of benzene rings is 1. The van der Waals surface area contributed by atoms with Crippen LogP contribution in [0.25, 0.3) is 0 Å². The summed E-state index contributed by atoms with van der Waals surface area (Å²) in [5, 5.41) is 0. The monoisotopic (exact) mass is 358 g/mol.